The molecule has 106 valence electrons. The van der Waals surface area contributed by atoms with E-state index in [1.54, 1.807) is 12.0 Å². The molecular formula is C12H19N3O4. The molecule has 7 nitrogen and oxygen atoms in total. The molecule has 4 amide bonds. The van der Waals surface area contributed by atoms with E-state index in [2.05, 4.69) is 10.6 Å². The molecule has 7 heteroatoms. The van der Waals surface area contributed by atoms with Gasteiger partial charge in [0.1, 0.15) is 5.54 Å². The Balaban J connectivity index is 1.95. The van der Waals surface area contributed by atoms with Crippen LogP contribution in [0.1, 0.15) is 25.7 Å². The number of amides is 4. The van der Waals surface area contributed by atoms with Crippen molar-refractivity contribution in [3.63, 3.8) is 0 Å². The highest BCUT2D eigenvalue weighted by Gasteiger charge is 2.49. The highest BCUT2D eigenvalue weighted by atomic mass is 16.5. The van der Waals surface area contributed by atoms with E-state index < -0.39 is 11.6 Å². The van der Waals surface area contributed by atoms with Crippen LogP contribution < -0.4 is 10.6 Å². The van der Waals surface area contributed by atoms with Crippen molar-refractivity contribution in [3.05, 3.63) is 0 Å². The van der Waals surface area contributed by atoms with Crippen LogP contribution in [0.15, 0.2) is 0 Å². The summed E-state index contributed by atoms with van der Waals surface area (Å²) in [4.78, 5) is 36.8. The summed E-state index contributed by atoms with van der Waals surface area (Å²) in [5, 5.41) is 4.90. The number of ether oxygens (including phenoxy) is 1. The van der Waals surface area contributed by atoms with Crippen molar-refractivity contribution < 1.29 is 19.1 Å². The predicted molar refractivity (Wildman–Crippen MR) is 66.3 cm³/mol. The molecule has 0 aromatic heterocycles. The minimum absolute atomic E-state index is 0.00470. The second kappa shape index (κ2) is 5.56. The molecule has 2 heterocycles. The highest BCUT2D eigenvalue weighted by molar-refractivity contribution is 6.07. The summed E-state index contributed by atoms with van der Waals surface area (Å²) in [6, 6.07) is -0.473. The van der Waals surface area contributed by atoms with E-state index in [0.717, 1.165) is 0 Å². The van der Waals surface area contributed by atoms with Gasteiger partial charge in [-0.2, -0.15) is 0 Å². The molecule has 2 aliphatic heterocycles. The average Bonchev–Trinajstić information content (AvgIpc) is 2.64. The molecule has 2 rings (SSSR count). The number of nitrogens with one attached hydrogen (secondary N) is 2. The Bertz CT molecular complexity index is 398. The van der Waals surface area contributed by atoms with Gasteiger partial charge in [-0.05, 0) is 19.3 Å². The first-order valence-electron chi connectivity index (χ1n) is 6.48. The van der Waals surface area contributed by atoms with Gasteiger partial charge in [-0.25, -0.2) is 4.79 Å². The Hall–Kier alpha value is -1.63. The Morgan fingerprint density at radius 2 is 2.26 bits per heavy atom. The van der Waals surface area contributed by atoms with Gasteiger partial charge in [-0.15, -0.1) is 0 Å². The number of hydrogen-bond donors (Lipinski definition) is 2. The molecule has 2 aliphatic rings. The molecule has 0 saturated carbocycles. The number of hydrogen-bond acceptors (Lipinski definition) is 4. The van der Waals surface area contributed by atoms with E-state index in [1.165, 1.54) is 0 Å². The van der Waals surface area contributed by atoms with E-state index in [0.29, 0.717) is 38.8 Å². The van der Waals surface area contributed by atoms with Gasteiger partial charge in [0.15, 0.2) is 0 Å². The molecule has 1 atom stereocenters. The standard InChI is InChI=1S/C12H19N3O4/c1-19-7-2-4-9(16)15-6-3-5-12(8-15)10(17)13-11(18)14-12/h2-8H2,1H3,(H2,13,14,17,18). The topological polar surface area (TPSA) is 87.7 Å². The van der Waals surface area contributed by atoms with Crippen LogP contribution in [0.4, 0.5) is 4.79 Å². The van der Waals surface area contributed by atoms with Crippen molar-refractivity contribution in [2.75, 3.05) is 26.8 Å². The molecule has 2 saturated heterocycles. The van der Waals surface area contributed by atoms with Crippen LogP contribution in [-0.4, -0.2) is 55.1 Å². The van der Waals surface area contributed by atoms with Gasteiger partial charge < -0.3 is 15.0 Å². The first-order chi connectivity index (χ1) is 9.07. The summed E-state index contributed by atoms with van der Waals surface area (Å²) >= 11 is 0. The van der Waals surface area contributed by atoms with Crippen LogP contribution in [0.2, 0.25) is 0 Å². The van der Waals surface area contributed by atoms with Gasteiger partial charge in [0.25, 0.3) is 5.91 Å². The first kappa shape index (κ1) is 13.8. The van der Waals surface area contributed by atoms with Gasteiger partial charge in [-0.3, -0.25) is 14.9 Å². The lowest BCUT2D eigenvalue weighted by Gasteiger charge is -2.38. The second-order valence-electron chi connectivity index (χ2n) is 5.01. The van der Waals surface area contributed by atoms with Crippen LogP contribution in [0.3, 0.4) is 0 Å². The molecular weight excluding hydrogens is 250 g/mol. The van der Waals surface area contributed by atoms with Crippen molar-refractivity contribution in [1.82, 2.24) is 15.5 Å². The van der Waals surface area contributed by atoms with Gasteiger partial charge in [0.2, 0.25) is 5.91 Å². The molecule has 0 bridgehead atoms. The molecule has 19 heavy (non-hydrogen) atoms. The minimum Gasteiger partial charge on any atom is -0.385 e. The molecule has 0 aliphatic carbocycles. The van der Waals surface area contributed by atoms with Crippen LogP contribution in [0.25, 0.3) is 0 Å². The minimum atomic E-state index is -0.924. The van der Waals surface area contributed by atoms with Gasteiger partial charge in [-0.1, -0.05) is 0 Å². The lowest BCUT2D eigenvalue weighted by atomic mass is 9.89. The number of likely N-dealkylation sites (tertiary alicyclic amines) is 1. The van der Waals surface area contributed by atoms with Crippen LogP contribution in [-0.2, 0) is 14.3 Å². The van der Waals surface area contributed by atoms with Gasteiger partial charge >= 0.3 is 6.03 Å². The summed E-state index contributed by atoms with van der Waals surface area (Å²) in [5.74, 6) is -0.322. The van der Waals surface area contributed by atoms with E-state index >= 15 is 0 Å². The highest BCUT2D eigenvalue weighted by Crippen LogP contribution is 2.24. The number of imide groups is 1. The Morgan fingerprint density at radius 1 is 1.47 bits per heavy atom. The number of piperidine rings is 1. The third kappa shape index (κ3) is 2.86. The summed E-state index contributed by atoms with van der Waals surface area (Å²) in [6.45, 7) is 1.44. The Labute approximate surface area is 111 Å². The van der Waals surface area contributed by atoms with Crippen molar-refractivity contribution in [3.8, 4) is 0 Å². The number of carbonyl (C=O) groups excluding carboxylic acids is 3. The number of methoxy groups -OCH3 is 1. The first-order valence-corrected chi connectivity index (χ1v) is 6.48. The summed E-state index contributed by atoms with van der Waals surface area (Å²) < 4.78 is 4.91. The maximum absolute atomic E-state index is 12.0. The summed E-state index contributed by atoms with van der Waals surface area (Å²) in [7, 11) is 1.60. The second-order valence-corrected chi connectivity index (χ2v) is 5.01. The van der Waals surface area contributed by atoms with Crippen LogP contribution in [0, 0.1) is 0 Å². The number of carbonyl (C=O) groups is 3. The predicted octanol–water partition coefficient (Wildman–Crippen LogP) is -0.386. The smallest absolute Gasteiger partial charge is 0.322 e. The third-order valence-corrected chi connectivity index (χ3v) is 3.60. The normalized spacial score (nSPS) is 26.5. The SMILES string of the molecule is COCCCC(=O)N1CCCC2(C1)NC(=O)NC2=O. The third-order valence-electron chi connectivity index (χ3n) is 3.60. The molecule has 0 radical (unpaired) electrons. The number of nitrogens with zero attached hydrogens (tertiary/aromatic N) is 1. The average molecular weight is 269 g/mol. The molecule has 0 aromatic carbocycles. The lowest BCUT2D eigenvalue weighted by molar-refractivity contribution is -0.136. The molecule has 2 fully saturated rings. The lowest BCUT2D eigenvalue weighted by Crippen LogP contribution is -2.59. The fraction of sp³-hybridized carbons (Fsp3) is 0.750. The van der Waals surface area contributed by atoms with Crippen LogP contribution >= 0.6 is 0 Å². The van der Waals surface area contributed by atoms with Crippen molar-refractivity contribution >= 4 is 17.8 Å². The summed E-state index contributed by atoms with van der Waals surface area (Å²) in [6.07, 6.45) is 2.35. The van der Waals surface area contributed by atoms with Crippen molar-refractivity contribution in [2.45, 2.75) is 31.2 Å². The van der Waals surface area contributed by atoms with Crippen molar-refractivity contribution in [2.24, 2.45) is 0 Å². The van der Waals surface area contributed by atoms with E-state index in [9.17, 15) is 14.4 Å². The zero-order valence-electron chi connectivity index (χ0n) is 11.0. The maximum Gasteiger partial charge on any atom is 0.322 e. The Kier molecular flexibility index (Phi) is 4.04. The molecule has 2 N–H and O–H groups in total. The monoisotopic (exact) mass is 269 g/mol. The van der Waals surface area contributed by atoms with E-state index in [-0.39, 0.29) is 18.4 Å². The van der Waals surface area contributed by atoms with E-state index in [1.807, 2.05) is 0 Å². The zero-order chi connectivity index (χ0) is 13.9. The summed E-state index contributed by atoms with van der Waals surface area (Å²) in [5.41, 5.74) is -0.924. The molecule has 0 aromatic rings. The number of rotatable bonds is 4. The van der Waals surface area contributed by atoms with Gasteiger partial charge in [0, 0.05) is 26.7 Å². The largest absolute Gasteiger partial charge is 0.385 e. The van der Waals surface area contributed by atoms with Crippen LogP contribution in [0.5, 0.6) is 0 Å². The fourth-order valence-electron chi connectivity index (χ4n) is 2.61. The van der Waals surface area contributed by atoms with Crippen molar-refractivity contribution in [1.29, 1.82) is 0 Å². The van der Waals surface area contributed by atoms with E-state index in [4.69, 9.17) is 4.74 Å². The fourth-order valence-corrected chi connectivity index (χ4v) is 2.61. The number of urea groups is 1. The maximum atomic E-state index is 12.0. The van der Waals surface area contributed by atoms with Gasteiger partial charge in [0.05, 0.1) is 6.54 Å². The molecule has 1 unspecified atom stereocenters. The Morgan fingerprint density at radius 3 is 2.89 bits per heavy atom. The zero-order valence-corrected chi connectivity index (χ0v) is 11.0. The quantitative estimate of drug-likeness (QED) is 0.537. The molecule has 1 spiro atoms.